The molecule has 1 aromatic carbocycles. The second kappa shape index (κ2) is 5.15. The molecule has 1 atom stereocenters. The van der Waals surface area contributed by atoms with Crippen LogP contribution in [0.1, 0.15) is 6.92 Å². The van der Waals surface area contributed by atoms with Gasteiger partial charge in [0.25, 0.3) is 5.91 Å². The quantitative estimate of drug-likeness (QED) is 0.911. The lowest BCUT2D eigenvalue weighted by Crippen LogP contribution is -2.59. The van der Waals surface area contributed by atoms with Gasteiger partial charge >= 0.3 is 6.18 Å². The van der Waals surface area contributed by atoms with Crippen LogP contribution in [-0.2, 0) is 4.79 Å². The van der Waals surface area contributed by atoms with E-state index in [1.54, 1.807) is 18.2 Å². The number of halogens is 3. The SMILES string of the molecule is COc1ccc2nc(NC(=O)C(C)(N)C(F)(F)F)sc2c1. The summed E-state index contributed by atoms with van der Waals surface area (Å²) in [7, 11) is 1.49. The highest BCUT2D eigenvalue weighted by atomic mass is 32.1. The van der Waals surface area contributed by atoms with E-state index in [1.165, 1.54) is 7.11 Å². The Morgan fingerprint density at radius 2 is 2.10 bits per heavy atom. The molecule has 0 aliphatic carbocycles. The molecule has 0 bridgehead atoms. The summed E-state index contributed by atoms with van der Waals surface area (Å²) in [5, 5.41) is 2.14. The number of nitrogens with two attached hydrogens (primary N) is 1. The first-order chi connectivity index (χ1) is 9.65. The van der Waals surface area contributed by atoms with E-state index in [0.29, 0.717) is 22.9 Å². The van der Waals surface area contributed by atoms with Crippen LogP contribution in [0.15, 0.2) is 18.2 Å². The Morgan fingerprint density at radius 1 is 1.43 bits per heavy atom. The molecule has 1 amide bonds. The zero-order valence-electron chi connectivity index (χ0n) is 11.1. The van der Waals surface area contributed by atoms with Gasteiger partial charge in [-0.15, -0.1) is 0 Å². The molecule has 0 fully saturated rings. The Kier molecular flexibility index (Phi) is 3.81. The first kappa shape index (κ1) is 15.5. The van der Waals surface area contributed by atoms with Gasteiger partial charge in [-0.05, 0) is 25.1 Å². The molecule has 1 heterocycles. The Balaban J connectivity index is 2.26. The van der Waals surface area contributed by atoms with E-state index in [2.05, 4.69) is 10.3 Å². The molecule has 0 saturated carbocycles. The monoisotopic (exact) mass is 319 g/mol. The van der Waals surface area contributed by atoms with E-state index in [9.17, 15) is 18.0 Å². The minimum Gasteiger partial charge on any atom is -0.497 e. The van der Waals surface area contributed by atoms with E-state index in [0.717, 1.165) is 11.3 Å². The van der Waals surface area contributed by atoms with Gasteiger partial charge in [-0.1, -0.05) is 11.3 Å². The van der Waals surface area contributed by atoms with Gasteiger partial charge in [0.15, 0.2) is 10.7 Å². The molecule has 5 nitrogen and oxygen atoms in total. The number of alkyl halides is 3. The van der Waals surface area contributed by atoms with Gasteiger partial charge in [0.2, 0.25) is 0 Å². The number of hydrogen-bond donors (Lipinski definition) is 2. The number of nitrogens with zero attached hydrogens (tertiary/aromatic N) is 1. The molecule has 0 spiro atoms. The van der Waals surface area contributed by atoms with Gasteiger partial charge in [-0.25, -0.2) is 4.98 Å². The van der Waals surface area contributed by atoms with Crippen molar-refractivity contribution in [2.45, 2.75) is 18.6 Å². The fourth-order valence-electron chi connectivity index (χ4n) is 1.44. The Labute approximate surface area is 121 Å². The van der Waals surface area contributed by atoms with Crippen molar-refractivity contribution in [2.75, 3.05) is 12.4 Å². The van der Waals surface area contributed by atoms with E-state index >= 15 is 0 Å². The predicted octanol–water partition coefficient (Wildman–Crippen LogP) is 2.52. The molecule has 1 unspecified atom stereocenters. The third-order valence-corrected chi connectivity index (χ3v) is 3.81. The Bertz CT molecular complexity index is 682. The lowest BCUT2D eigenvalue weighted by molar-refractivity contribution is -0.184. The fraction of sp³-hybridized carbons (Fsp3) is 0.333. The molecule has 2 aromatic rings. The first-order valence-electron chi connectivity index (χ1n) is 5.77. The van der Waals surface area contributed by atoms with Crippen LogP contribution in [0.25, 0.3) is 10.2 Å². The number of rotatable bonds is 3. The number of aromatic nitrogens is 1. The van der Waals surface area contributed by atoms with Crippen LogP contribution in [0.4, 0.5) is 18.3 Å². The number of carbonyl (C=O) groups excluding carboxylic acids is 1. The minimum absolute atomic E-state index is 0.0455. The lowest BCUT2D eigenvalue weighted by atomic mass is 10.0. The van der Waals surface area contributed by atoms with Crippen molar-refractivity contribution < 1.29 is 22.7 Å². The van der Waals surface area contributed by atoms with Crippen LogP contribution < -0.4 is 15.8 Å². The molecule has 21 heavy (non-hydrogen) atoms. The number of ether oxygens (including phenoxy) is 1. The van der Waals surface area contributed by atoms with Crippen molar-refractivity contribution in [3.05, 3.63) is 18.2 Å². The van der Waals surface area contributed by atoms with Crippen LogP contribution in [0.2, 0.25) is 0 Å². The summed E-state index contributed by atoms with van der Waals surface area (Å²) in [6.45, 7) is 0.610. The van der Waals surface area contributed by atoms with E-state index in [-0.39, 0.29) is 5.13 Å². The number of fused-ring (bicyclic) bond motifs is 1. The number of carbonyl (C=O) groups is 1. The van der Waals surface area contributed by atoms with Crippen molar-refractivity contribution in [1.82, 2.24) is 4.98 Å². The number of thiazole rings is 1. The minimum atomic E-state index is -4.85. The fourth-order valence-corrected chi connectivity index (χ4v) is 2.33. The highest BCUT2D eigenvalue weighted by Gasteiger charge is 2.54. The largest absolute Gasteiger partial charge is 0.497 e. The van der Waals surface area contributed by atoms with Crippen LogP contribution in [-0.4, -0.2) is 29.7 Å². The summed E-state index contributed by atoms with van der Waals surface area (Å²) >= 11 is 1.04. The highest BCUT2D eigenvalue weighted by molar-refractivity contribution is 7.22. The molecule has 0 aliphatic rings. The summed E-state index contributed by atoms with van der Waals surface area (Å²) in [5.41, 5.74) is 2.60. The smallest absolute Gasteiger partial charge is 0.415 e. The van der Waals surface area contributed by atoms with Gasteiger partial charge in [0.05, 0.1) is 17.3 Å². The number of nitrogens with one attached hydrogen (secondary N) is 1. The zero-order chi connectivity index (χ0) is 15.8. The third-order valence-electron chi connectivity index (χ3n) is 2.88. The van der Waals surface area contributed by atoms with Gasteiger partial charge in [-0.2, -0.15) is 13.2 Å². The van der Waals surface area contributed by atoms with Gasteiger partial charge in [0.1, 0.15) is 5.75 Å². The van der Waals surface area contributed by atoms with Gasteiger partial charge in [0, 0.05) is 0 Å². The van der Waals surface area contributed by atoms with Crippen LogP contribution in [0.3, 0.4) is 0 Å². The number of benzene rings is 1. The standard InChI is InChI=1S/C12H12F3N3O2S/c1-11(16,12(13,14)15)9(19)18-10-17-7-4-3-6(20-2)5-8(7)21-10/h3-5H,16H2,1-2H3,(H,17,18,19). The molecule has 0 radical (unpaired) electrons. The molecular weight excluding hydrogens is 307 g/mol. The summed E-state index contributed by atoms with van der Waals surface area (Å²) in [6.07, 6.45) is -4.85. The summed E-state index contributed by atoms with van der Waals surface area (Å²) in [5.74, 6) is -0.774. The molecule has 2 rings (SSSR count). The van der Waals surface area contributed by atoms with Crippen molar-refractivity contribution >= 4 is 32.6 Å². The zero-order valence-corrected chi connectivity index (χ0v) is 11.9. The number of amides is 1. The number of anilines is 1. The average molecular weight is 319 g/mol. The lowest BCUT2D eigenvalue weighted by Gasteiger charge is -2.25. The van der Waals surface area contributed by atoms with E-state index in [4.69, 9.17) is 10.5 Å². The maximum absolute atomic E-state index is 12.7. The van der Waals surface area contributed by atoms with E-state index in [1.807, 2.05) is 0 Å². The summed E-state index contributed by atoms with van der Waals surface area (Å²) < 4.78 is 43.7. The molecule has 0 aliphatic heterocycles. The van der Waals surface area contributed by atoms with Gasteiger partial charge in [-0.3, -0.25) is 4.79 Å². The molecular formula is C12H12F3N3O2S. The molecule has 114 valence electrons. The van der Waals surface area contributed by atoms with Crippen molar-refractivity contribution in [3.63, 3.8) is 0 Å². The second-order valence-corrected chi connectivity index (χ2v) is 5.54. The molecule has 0 saturated heterocycles. The highest BCUT2D eigenvalue weighted by Crippen LogP contribution is 2.32. The predicted molar refractivity (Wildman–Crippen MR) is 73.4 cm³/mol. The Hall–Kier alpha value is -1.87. The maximum atomic E-state index is 12.7. The van der Waals surface area contributed by atoms with Crippen LogP contribution in [0, 0.1) is 0 Å². The third kappa shape index (κ3) is 2.93. The van der Waals surface area contributed by atoms with Crippen molar-refractivity contribution in [3.8, 4) is 5.75 Å². The Morgan fingerprint density at radius 3 is 2.67 bits per heavy atom. The summed E-state index contributed by atoms with van der Waals surface area (Å²) in [4.78, 5) is 15.7. The van der Waals surface area contributed by atoms with Crippen molar-refractivity contribution in [2.24, 2.45) is 5.73 Å². The van der Waals surface area contributed by atoms with Crippen LogP contribution in [0.5, 0.6) is 5.75 Å². The maximum Gasteiger partial charge on any atom is 0.415 e. The number of methoxy groups -OCH3 is 1. The average Bonchev–Trinajstić information content (AvgIpc) is 2.78. The molecule has 1 aromatic heterocycles. The van der Waals surface area contributed by atoms with E-state index < -0.39 is 17.6 Å². The molecule has 9 heteroatoms. The normalized spacial score (nSPS) is 14.8. The van der Waals surface area contributed by atoms with Crippen LogP contribution >= 0.6 is 11.3 Å². The number of hydrogen-bond acceptors (Lipinski definition) is 5. The topological polar surface area (TPSA) is 77.2 Å². The second-order valence-electron chi connectivity index (χ2n) is 4.51. The first-order valence-corrected chi connectivity index (χ1v) is 6.58. The molecule has 3 N–H and O–H groups in total. The summed E-state index contributed by atoms with van der Waals surface area (Å²) in [6, 6.07) is 4.98. The van der Waals surface area contributed by atoms with Crippen molar-refractivity contribution in [1.29, 1.82) is 0 Å². The van der Waals surface area contributed by atoms with Gasteiger partial charge < -0.3 is 15.8 Å².